The zero-order valence-corrected chi connectivity index (χ0v) is 18.8. The molecular formula is C22H27SiTi. The van der Waals surface area contributed by atoms with Gasteiger partial charge in [0.05, 0.1) is 0 Å². The molecule has 1 aliphatic rings. The van der Waals surface area contributed by atoms with E-state index in [1.807, 2.05) is 3.88 Å². The second kappa shape index (κ2) is 7.82. The summed E-state index contributed by atoms with van der Waals surface area (Å²) in [6.45, 7) is 7.15. The SMILES string of the molecule is CC1=C(C)C(C)[C]([Ti]([CH2]c2ccccc2)[CH2]c2ccccc2)=C1[SiH3]. The van der Waals surface area contributed by atoms with Gasteiger partial charge in [-0.2, -0.15) is 0 Å². The summed E-state index contributed by atoms with van der Waals surface area (Å²) in [7, 11) is 1.19. The fourth-order valence-corrected chi connectivity index (χ4v) is 11.6. The molecule has 24 heavy (non-hydrogen) atoms. The minimum atomic E-state index is -1.39. The fourth-order valence-electron chi connectivity index (χ4n) is 3.87. The predicted octanol–water partition coefficient (Wildman–Crippen LogP) is 4.57. The van der Waals surface area contributed by atoms with Crippen LogP contribution in [-0.4, -0.2) is 10.2 Å². The molecule has 0 heterocycles. The van der Waals surface area contributed by atoms with Gasteiger partial charge in [-0.25, -0.2) is 0 Å². The molecule has 1 unspecified atom stereocenters. The first-order valence-electron chi connectivity index (χ1n) is 8.89. The second-order valence-electron chi connectivity index (χ2n) is 7.00. The Morgan fingerprint density at radius 3 is 1.67 bits per heavy atom. The molecule has 1 aliphatic carbocycles. The Bertz CT molecular complexity index is 718. The van der Waals surface area contributed by atoms with Gasteiger partial charge in [0, 0.05) is 0 Å². The van der Waals surface area contributed by atoms with Gasteiger partial charge in [-0.1, -0.05) is 0 Å². The van der Waals surface area contributed by atoms with Crippen LogP contribution in [0.1, 0.15) is 31.9 Å². The van der Waals surface area contributed by atoms with Crippen molar-refractivity contribution >= 4 is 10.2 Å². The predicted molar refractivity (Wildman–Crippen MR) is 105 cm³/mol. The quantitative estimate of drug-likeness (QED) is 0.679. The van der Waals surface area contributed by atoms with Gasteiger partial charge in [0.1, 0.15) is 0 Å². The summed E-state index contributed by atoms with van der Waals surface area (Å²) >= 11 is -1.39. The van der Waals surface area contributed by atoms with Gasteiger partial charge in [-0.15, -0.1) is 0 Å². The average molecular weight is 367 g/mol. The molecule has 2 heteroatoms. The molecular weight excluding hydrogens is 340 g/mol. The van der Waals surface area contributed by atoms with E-state index < -0.39 is 17.9 Å². The number of benzene rings is 2. The van der Waals surface area contributed by atoms with E-state index in [1.165, 1.54) is 30.8 Å². The van der Waals surface area contributed by atoms with E-state index in [9.17, 15) is 0 Å². The van der Waals surface area contributed by atoms with Gasteiger partial charge in [0.2, 0.25) is 0 Å². The average Bonchev–Trinajstić information content (AvgIpc) is 2.80. The van der Waals surface area contributed by atoms with Crippen LogP contribution in [0.5, 0.6) is 0 Å². The molecule has 0 aliphatic heterocycles. The van der Waals surface area contributed by atoms with E-state index in [0.717, 1.165) is 0 Å². The van der Waals surface area contributed by atoms with E-state index in [2.05, 4.69) is 81.4 Å². The standard InChI is InChI=1S/C8H13Si.2C7H7.Ti/c1-5-4-8(9)7(3)6(5)2;2*1-7-5-3-2-4-6-7;/h5H,1-3,9H3;2*2-6H,1H2;. The third kappa shape index (κ3) is 3.74. The van der Waals surface area contributed by atoms with Crippen molar-refractivity contribution in [1.82, 2.24) is 0 Å². The topological polar surface area (TPSA) is 0 Å². The zero-order chi connectivity index (χ0) is 17.1. The van der Waals surface area contributed by atoms with Gasteiger partial charge in [-0.3, -0.25) is 0 Å². The second-order valence-corrected chi connectivity index (χ2v) is 11.8. The molecule has 2 aromatic rings. The maximum absolute atomic E-state index is 2.45. The van der Waals surface area contributed by atoms with Crippen LogP contribution in [0.2, 0.25) is 0 Å². The van der Waals surface area contributed by atoms with Gasteiger partial charge in [-0.05, 0) is 0 Å². The van der Waals surface area contributed by atoms with Crippen LogP contribution in [0, 0.1) is 5.92 Å². The molecule has 0 saturated carbocycles. The van der Waals surface area contributed by atoms with Crippen LogP contribution in [0.15, 0.2) is 80.9 Å². The van der Waals surface area contributed by atoms with Crippen LogP contribution in [0.3, 0.4) is 0 Å². The fraction of sp³-hybridized carbons (Fsp3) is 0.273. The first-order valence-corrected chi connectivity index (χ1v) is 12.9. The number of rotatable bonds is 5. The Morgan fingerprint density at radius 1 is 0.833 bits per heavy atom. The Balaban J connectivity index is 1.94. The Morgan fingerprint density at radius 2 is 1.29 bits per heavy atom. The third-order valence-electron chi connectivity index (χ3n) is 5.54. The molecule has 0 fully saturated rings. The van der Waals surface area contributed by atoms with Crippen molar-refractivity contribution in [2.45, 2.75) is 30.2 Å². The molecule has 0 saturated heterocycles. The third-order valence-corrected chi connectivity index (χ3v) is 12.7. The summed E-state index contributed by atoms with van der Waals surface area (Å²) in [4.78, 5) is 0. The molecule has 0 radical (unpaired) electrons. The Kier molecular flexibility index (Phi) is 5.76. The van der Waals surface area contributed by atoms with Crippen molar-refractivity contribution in [2.75, 3.05) is 0 Å². The molecule has 123 valence electrons. The minimum absolute atomic E-state index is 0.680. The van der Waals surface area contributed by atoms with E-state index >= 15 is 0 Å². The molecule has 0 N–H and O–H groups in total. The number of allylic oxidation sites excluding steroid dienone is 4. The van der Waals surface area contributed by atoms with Gasteiger partial charge < -0.3 is 0 Å². The van der Waals surface area contributed by atoms with Gasteiger partial charge in [0.25, 0.3) is 0 Å². The maximum atomic E-state index is 2.45. The molecule has 0 nitrogen and oxygen atoms in total. The monoisotopic (exact) mass is 367 g/mol. The molecule has 0 amide bonds. The summed E-state index contributed by atoms with van der Waals surface area (Å²) in [6.07, 6.45) is 0. The summed E-state index contributed by atoms with van der Waals surface area (Å²) in [5, 5.41) is 1.74. The normalized spacial score (nSPS) is 17.7. The van der Waals surface area contributed by atoms with Crippen LogP contribution >= 0.6 is 0 Å². The Labute approximate surface area is 156 Å². The van der Waals surface area contributed by atoms with E-state index in [0.29, 0.717) is 5.92 Å². The zero-order valence-electron chi connectivity index (χ0n) is 15.3. The van der Waals surface area contributed by atoms with Crippen molar-refractivity contribution in [3.63, 3.8) is 0 Å². The van der Waals surface area contributed by atoms with Crippen molar-refractivity contribution in [2.24, 2.45) is 5.92 Å². The molecule has 1 atom stereocenters. The molecule has 2 aromatic carbocycles. The van der Waals surface area contributed by atoms with E-state index in [4.69, 9.17) is 0 Å². The molecule has 0 bridgehead atoms. The van der Waals surface area contributed by atoms with Gasteiger partial charge in [0.15, 0.2) is 0 Å². The summed E-state index contributed by atoms with van der Waals surface area (Å²) in [5.41, 5.74) is 6.29. The first-order chi connectivity index (χ1) is 11.6. The summed E-state index contributed by atoms with van der Waals surface area (Å²) < 4.78 is 4.49. The van der Waals surface area contributed by atoms with Gasteiger partial charge >= 0.3 is 156 Å². The van der Waals surface area contributed by atoms with Crippen LogP contribution < -0.4 is 0 Å². The Hall–Kier alpha value is -1.15. The van der Waals surface area contributed by atoms with Crippen molar-refractivity contribution in [3.05, 3.63) is 92.0 Å². The van der Waals surface area contributed by atoms with Crippen molar-refractivity contribution in [1.29, 1.82) is 0 Å². The van der Waals surface area contributed by atoms with E-state index in [1.54, 1.807) is 16.3 Å². The van der Waals surface area contributed by atoms with Crippen molar-refractivity contribution < 1.29 is 17.9 Å². The number of hydrogen-bond donors (Lipinski definition) is 0. The molecule has 3 rings (SSSR count). The van der Waals surface area contributed by atoms with Crippen LogP contribution in [-0.2, 0) is 27.3 Å². The van der Waals surface area contributed by atoms with Crippen LogP contribution in [0.25, 0.3) is 0 Å². The summed E-state index contributed by atoms with van der Waals surface area (Å²) in [5.74, 6) is 0.680. The molecule has 0 aromatic heterocycles. The van der Waals surface area contributed by atoms with Crippen molar-refractivity contribution in [3.8, 4) is 0 Å². The number of hydrogen-bond acceptors (Lipinski definition) is 0. The van der Waals surface area contributed by atoms with Crippen LogP contribution in [0.4, 0.5) is 0 Å². The van der Waals surface area contributed by atoms with E-state index in [-0.39, 0.29) is 0 Å². The summed E-state index contributed by atoms with van der Waals surface area (Å²) in [6, 6.07) is 22.3. The molecule has 0 spiro atoms. The first kappa shape index (κ1) is 17.7.